The lowest BCUT2D eigenvalue weighted by atomic mass is 10.1. The van der Waals surface area contributed by atoms with Crippen molar-refractivity contribution in [2.24, 2.45) is 0 Å². The van der Waals surface area contributed by atoms with Gasteiger partial charge in [0.2, 0.25) is 5.91 Å². The summed E-state index contributed by atoms with van der Waals surface area (Å²) in [4.78, 5) is 29.2. The van der Waals surface area contributed by atoms with Gasteiger partial charge in [0.25, 0.3) is 5.91 Å². The first-order chi connectivity index (χ1) is 14.5. The molecule has 2 aromatic carbocycles. The largest absolute Gasteiger partial charge is 0.486 e. The fourth-order valence-electron chi connectivity index (χ4n) is 2.69. The summed E-state index contributed by atoms with van der Waals surface area (Å²) in [5.74, 6) is 0.124. The van der Waals surface area contributed by atoms with E-state index in [1.807, 2.05) is 30.3 Å². The normalized spacial score (nSPS) is 10.5. The van der Waals surface area contributed by atoms with E-state index in [1.54, 1.807) is 31.2 Å². The molecule has 1 heterocycles. The minimum atomic E-state index is -0.319. The molecule has 3 aromatic rings. The predicted octanol–water partition coefficient (Wildman–Crippen LogP) is 3.77. The lowest BCUT2D eigenvalue weighted by Gasteiger charge is -2.06. The lowest BCUT2D eigenvalue weighted by molar-refractivity contribution is -0.120. The van der Waals surface area contributed by atoms with Gasteiger partial charge in [0, 0.05) is 11.6 Å². The van der Waals surface area contributed by atoms with Gasteiger partial charge in [-0.15, -0.1) is 11.3 Å². The third-order valence-corrected chi connectivity index (χ3v) is 5.59. The van der Waals surface area contributed by atoms with Crippen LogP contribution in [0.3, 0.4) is 0 Å². The van der Waals surface area contributed by atoms with Gasteiger partial charge in [-0.3, -0.25) is 9.59 Å². The summed E-state index contributed by atoms with van der Waals surface area (Å²) in [5, 5.41) is 6.77. The minimum Gasteiger partial charge on any atom is -0.486 e. The Labute approximate surface area is 184 Å². The maximum atomic E-state index is 12.4. The molecule has 6 nitrogen and oxygen atoms in total. The van der Waals surface area contributed by atoms with Gasteiger partial charge in [0.1, 0.15) is 22.2 Å². The molecule has 0 saturated heterocycles. The van der Waals surface area contributed by atoms with Crippen LogP contribution >= 0.6 is 22.9 Å². The van der Waals surface area contributed by atoms with Crippen LogP contribution in [0.5, 0.6) is 5.75 Å². The average molecular weight is 444 g/mol. The number of nitrogens with one attached hydrogen (secondary N) is 2. The molecule has 0 bridgehead atoms. The first kappa shape index (κ1) is 21.8. The van der Waals surface area contributed by atoms with Gasteiger partial charge < -0.3 is 15.4 Å². The fourth-order valence-corrected chi connectivity index (χ4v) is 3.72. The molecule has 2 amide bonds. The molecule has 0 saturated carbocycles. The van der Waals surface area contributed by atoms with Crippen molar-refractivity contribution < 1.29 is 14.3 Å². The minimum absolute atomic E-state index is 0.0818. The van der Waals surface area contributed by atoms with Crippen molar-refractivity contribution in [3.05, 3.63) is 80.8 Å². The molecule has 8 heteroatoms. The molecule has 156 valence electrons. The third kappa shape index (κ3) is 6.57. The Balaban J connectivity index is 1.43. The molecule has 0 unspecified atom stereocenters. The second kappa shape index (κ2) is 10.8. The van der Waals surface area contributed by atoms with E-state index in [4.69, 9.17) is 16.3 Å². The van der Waals surface area contributed by atoms with Crippen molar-refractivity contribution in [1.29, 1.82) is 0 Å². The van der Waals surface area contributed by atoms with Gasteiger partial charge in [0.15, 0.2) is 0 Å². The summed E-state index contributed by atoms with van der Waals surface area (Å²) in [6.45, 7) is 2.45. The zero-order valence-electron chi connectivity index (χ0n) is 16.5. The highest BCUT2D eigenvalue weighted by atomic mass is 35.5. The number of benzene rings is 2. The van der Waals surface area contributed by atoms with Gasteiger partial charge in [0.05, 0.1) is 12.2 Å². The Bertz CT molecular complexity index is 991. The van der Waals surface area contributed by atoms with E-state index in [-0.39, 0.29) is 25.0 Å². The number of nitrogens with zero attached hydrogens (tertiary/aromatic N) is 1. The van der Waals surface area contributed by atoms with E-state index >= 15 is 0 Å². The summed E-state index contributed by atoms with van der Waals surface area (Å²) in [5.41, 5.74) is 1.76. The number of aromatic nitrogens is 1. The zero-order chi connectivity index (χ0) is 21.3. The third-order valence-electron chi connectivity index (χ3n) is 4.21. The highest BCUT2D eigenvalue weighted by Crippen LogP contribution is 2.21. The van der Waals surface area contributed by atoms with Crippen LogP contribution in [0.2, 0.25) is 5.02 Å². The Hall–Kier alpha value is -2.90. The second-order valence-electron chi connectivity index (χ2n) is 6.53. The summed E-state index contributed by atoms with van der Waals surface area (Å²) in [6, 6.07) is 16.9. The molecular weight excluding hydrogens is 422 g/mol. The van der Waals surface area contributed by atoms with Crippen LogP contribution in [0.1, 0.15) is 25.9 Å². The average Bonchev–Trinajstić information content (AvgIpc) is 3.13. The van der Waals surface area contributed by atoms with E-state index in [0.717, 1.165) is 12.0 Å². The fraction of sp³-hybridized carbons (Fsp3) is 0.227. The van der Waals surface area contributed by atoms with Crippen LogP contribution in [0.25, 0.3) is 0 Å². The second-order valence-corrected chi connectivity index (χ2v) is 8.05. The predicted molar refractivity (Wildman–Crippen MR) is 118 cm³/mol. The van der Waals surface area contributed by atoms with E-state index in [1.165, 1.54) is 11.3 Å². The highest BCUT2D eigenvalue weighted by Gasteiger charge is 2.16. The van der Waals surface area contributed by atoms with Crippen LogP contribution in [0, 0.1) is 6.92 Å². The van der Waals surface area contributed by atoms with E-state index in [0.29, 0.717) is 32.9 Å². The van der Waals surface area contributed by atoms with E-state index < -0.39 is 0 Å². The van der Waals surface area contributed by atoms with Crippen LogP contribution in [-0.4, -0.2) is 29.9 Å². The number of aryl methyl sites for hydroxylation is 1. The van der Waals surface area contributed by atoms with Crippen molar-refractivity contribution in [3.8, 4) is 5.75 Å². The molecule has 0 aliphatic rings. The summed E-state index contributed by atoms with van der Waals surface area (Å²) >= 11 is 7.11. The number of carbonyl (C=O) groups excluding carboxylic acids is 2. The Morgan fingerprint density at radius 2 is 1.80 bits per heavy atom. The number of amides is 2. The Kier molecular flexibility index (Phi) is 7.82. The molecule has 3 rings (SSSR count). The summed E-state index contributed by atoms with van der Waals surface area (Å²) in [7, 11) is 0. The number of hydrogen-bond acceptors (Lipinski definition) is 5. The van der Waals surface area contributed by atoms with Crippen molar-refractivity contribution in [2.75, 3.05) is 13.1 Å². The first-order valence-corrected chi connectivity index (χ1v) is 10.6. The Morgan fingerprint density at radius 3 is 2.53 bits per heavy atom. The van der Waals surface area contributed by atoms with Crippen LogP contribution in [0.15, 0.2) is 54.6 Å². The van der Waals surface area contributed by atoms with Crippen molar-refractivity contribution >= 4 is 34.8 Å². The van der Waals surface area contributed by atoms with Crippen LogP contribution < -0.4 is 15.4 Å². The molecule has 2 N–H and O–H groups in total. The molecule has 0 radical (unpaired) electrons. The standard InChI is InChI=1S/C22H22ClN3O3S/c1-15-21(30-20(26-15)14-29-18-9-7-17(23)8-10-18)22(28)25-13-19(27)24-12-11-16-5-3-2-4-6-16/h2-10H,11-14H2,1H3,(H,24,27)(H,25,28). The van der Waals surface area contributed by atoms with E-state index in [9.17, 15) is 9.59 Å². The summed E-state index contributed by atoms with van der Waals surface area (Å²) in [6.07, 6.45) is 0.742. The molecule has 1 aromatic heterocycles. The maximum Gasteiger partial charge on any atom is 0.263 e. The molecule has 0 spiro atoms. The number of rotatable bonds is 9. The van der Waals surface area contributed by atoms with Crippen LogP contribution in [-0.2, 0) is 17.8 Å². The number of ether oxygens (including phenoxy) is 1. The molecule has 0 aliphatic carbocycles. The molecule has 0 aliphatic heterocycles. The van der Waals surface area contributed by atoms with Crippen molar-refractivity contribution in [3.63, 3.8) is 0 Å². The monoisotopic (exact) mass is 443 g/mol. The van der Waals surface area contributed by atoms with Gasteiger partial charge in [-0.05, 0) is 43.2 Å². The lowest BCUT2D eigenvalue weighted by Crippen LogP contribution is -2.37. The number of halogens is 1. The van der Waals surface area contributed by atoms with Crippen molar-refractivity contribution in [1.82, 2.24) is 15.6 Å². The topological polar surface area (TPSA) is 80.3 Å². The van der Waals surface area contributed by atoms with Gasteiger partial charge in [-0.2, -0.15) is 0 Å². The number of hydrogen-bond donors (Lipinski definition) is 2. The Morgan fingerprint density at radius 1 is 1.07 bits per heavy atom. The smallest absolute Gasteiger partial charge is 0.263 e. The first-order valence-electron chi connectivity index (χ1n) is 9.45. The van der Waals surface area contributed by atoms with Gasteiger partial charge in [-0.1, -0.05) is 41.9 Å². The highest BCUT2D eigenvalue weighted by molar-refractivity contribution is 7.13. The van der Waals surface area contributed by atoms with Gasteiger partial charge >= 0.3 is 0 Å². The summed E-state index contributed by atoms with van der Waals surface area (Å²) < 4.78 is 5.67. The SMILES string of the molecule is Cc1nc(COc2ccc(Cl)cc2)sc1C(=O)NCC(=O)NCCc1ccccc1. The molecular formula is C22H22ClN3O3S. The zero-order valence-corrected chi connectivity index (χ0v) is 18.1. The molecule has 0 fully saturated rings. The quantitative estimate of drug-likeness (QED) is 0.527. The van der Waals surface area contributed by atoms with Gasteiger partial charge in [-0.25, -0.2) is 4.98 Å². The van der Waals surface area contributed by atoms with Crippen LogP contribution in [0.4, 0.5) is 0 Å². The van der Waals surface area contributed by atoms with Crippen molar-refractivity contribution in [2.45, 2.75) is 20.0 Å². The van der Waals surface area contributed by atoms with E-state index in [2.05, 4.69) is 15.6 Å². The number of carbonyl (C=O) groups is 2. The maximum absolute atomic E-state index is 12.4. The molecule has 30 heavy (non-hydrogen) atoms. The molecule has 0 atom stereocenters. The number of thiazole rings is 1.